The molecule has 3 aliphatic heterocycles. The lowest BCUT2D eigenvalue weighted by Gasteiger charge is -2.24. The predicted octanol–water partition coefficient (Wildman–Crippen LogP) is 36.3. The number of anilines is 3. The zero-order valence-electron chi connectivity index (χ0n) is 79.8. The van der Waals surface area contributed by atoms with Crippen molar-refractivity contribution >= 4 is 165 Å². The topological polar surface area (TPSA) is 77.0 Å². The Hall–Kier alpha value is -19.7. The first-order chi connectivity index (χ1) is 72.7. The van der Waals surface area contributed by atoms with Gasteiger partial charge in [-0.15, -0.1) is 0 Å². The van der Waals surface area contributed by atoms with Crippen LogP contribution in [0.15, 0.2) is 468 Å². The minimum atomic E-state index is 0.655. The Balaban J connectivity index is 0.000000107. The average molecular weight is 1880 g/mol. The Morgan fingerprint density at radius 2 is 0.463 bits per heavy atom. The van der Waals surface area contributed by atoms with Crippen LogP contribution >= 0.6 is 0 Å². The fourth-order valence-corrected chi connectivity index (χ4v) is 23.5. The molecule has 0 radical (unpaired) electrons. The van der Waals surface area contributed by atoms with E-state index in [0.29, 0.717) is 17.1 Å². The van der Waals surface area contributed by atoms with Crippen molar-refractivity contribution in [3.05, 3.63) is 523 Å². The molecule has 0 N–H and O–H groups in total. The molecule has 21 aromatic carbocycles. The highest BCUT2D eigenvalue weighted by atomic mass is 16.3. The molecule has 0 bridgehead atoms. The maximum atomic E-state index is 7.62. The molecular weight excluding hydrogens is 1800 g/mol. The number of rotatable bonds is 9. The molecule has 12 heteroatoms. The van der Waals surface area contributed by atoms with Crippen molar-refractivity contribution in [2.45, 2.75) is 39.3 Å². The van der Waals surface area contributed by atoms with Gasteiger partial charge in [-0.25, -0.2) is 14.5 Å². The number of aromatic nitrogens is 3. The van der Waals surface area contributed by atoms with E-state index >= 15 is 0 Å². The Morgan fingerprint density at radius 1 is 0.170 bits per heavy atom. The number of hydrogen-bond donors (Lipinski definition) is 0. The van der Waals surface area contributed by atoms with Gasteiger partial charge >= 0.3 is 0 Å². The summed E-state index contributed by atoms with van der Waals surface area (Å²) >= 11 is 0. The zero-order chi connectivity index (χ0) is 97.4. The minimum absolute atomic E-state index is 0.655. The van der Waals surface area contributed by atoms with Crippen molar-refractivity contribution in [3.8, 4) is 83.8 Å². The first-order valence-electron chi connectivity index (χ1n) is 49.8. The van der Waals surface area contributed by atoms with Crippen LogP contribution in [0.2, 0.25) is 0 Å². The third-order valence-electron chi connectivity index (χ3n) is 30.3. The second-order valence-corrected chi connectivity index (χ2v) is 38.6. The van der Waals surface area contributed by atoms with Crippen LogP contribution in [0.3, 0.4) is 0 Å². The van der Waals surface area contributed by atoms with Crippen LogP contribution in [0.4, 0.5) is 34.1 Å². The number of nitrogens with zero attached hydrogens (tertiary/aromatic N) is 9. The van der Waals surface area contributed by atoms with Gasteiger partial charge in [0.25, 0.3) is 0 Å². The van der Waals surface area contributed by atoms with E-state index in [4.69, 9.17) is 33.0 Å². The third kappa shape index (κ3) is 14.5. The van der Waals surface area contributed by atoms with Crippen molar-refractivity contribution in [1.82, 2.24) is 13.7 Å². The maximum absolute atomic E-state index is 7.62. The molecule has 0 unspecified atom stereocenters. The summed E-state index contributed by atoms with van der Waals surface area (Å²) in [6, 6.07) is 162. The van der Waals surface area contributed by atoms with E-state index in [9.17, 15) is 0 Å². The zero-order valence-corrected chi connectivity index (χ0v) is 79.8. The molecule has 0 atom stereocenters. The summed E-state index contributed by atoms with van der Waals surface area (Å²) in [5.74, 6) is 0. The van der Waals surface area contributed by atoms with Gasteiger partial charge in [-0.3, -0.25) is 0 Å². The van der Waals surface area contributed by atoms with Gasteiger partial charge in [-0.05, 0) is 304 Å². The van der Waals surface area contributed by atoms with Crippen molar-refractivity contribution in [2.75, 3.05) is 14.7 Å². The summed E-state index contributed by atoms with van der Waals surface area (Å²) in [5, 5.41) is 13.6. The SMILES string of the molecule is [C-]#[N+]c1ccc2c(c1)c1ccccc1n2-c1ccc2c(c1)CN(c1ccccc1)Cc1ccc(-c3ccc4oc5ccccc5c4c3)cc1-2.[C-]#[N+]c1ccc2c(c1)c1ccccc1n2-c1ccc2c(c1)CN(c1ccccc1)Cc1ccc(-c3cccc4oc5ccccc5c34)cc1-2.[C-]#[N+]c1ccc2c(c1)c1ccccc1n2-c1ccc2c(c1)CN(c1ccccc1)Cc1ccc(-c3cccc4oc5ccccc5c34)cc1-2. The highest BCUT2D eigenvalue weighted by Gasteiger charge is 2.30. The van der Waals surface area contributed by atoms with E-state index in [2.05, 4.69) is 425 Å². The second-order valence-electron chi connectivity index (χ2n) is 38.6. The van der Waals surface area contributed by atoms with Gasteiger partial charge < -0.3 is 41.7 Å². The summed E-state index contributed by atoms with van der Waals surface area (Å²) in [5.41, 5.74) is 43.4. The molecule has 3 aliphatic rings. The molecule has 690 valence electrons. The molecule has 0 spiro atoms. The van der Waals surface area contributed by atoms with Gasteiger partial charge in [-0.2, -0.15) is 0 Å². The van der Waals surface area contributed by atoms with Crippen LogP contribution in [0, 0.1) is 19.7 Å². The normalized spacial score (nSPS) is 12.7. The predicted molar refractivity (Wildman–Crippen MR) is 605 cm³/mol. The number of fused-ring (bicyclic) bond motifs is 27. The van der Waals surface area contributed by atoms with Gasteiger partial charge in [0.2, 0.25) is 0 Å². The number of benzene rings is 21. The van der Waals surface area contributed by atoms with E-state index in [1.54, 1.807) is 0 Å². The lowest BCUT2D eigenvalue weighted by Crippen LogP contribution is -2.20. The monoisotopic (exact) mass is 1880 g/mol. The van der Waals surface area contributed by atoms with Gasteiger partial charge in [0, 0.05) is 122 Å². The van der Waals surface area contributed by atoms with Crippen LogP contribution in [-0.4, -0.2) is 13.7 Å². The van der Waals surface area contributed by atoms with E-state index in [1.807, 2.05) is 72.8 Å². The average Bonchev–Trinajstić information content (AvgIpc) is 1.59. The molecule has 27 aromatic rings. The Kier molecular flexibility index (Phi) is 20.3. The largest absolute Gasteiger partial charge is 0.456 e. The number of para-hydroxylation sites is 9. The van der Waals surface area contributed by atoms with Crippen molar-refractivity contribution in [3.63, 3.8) is 0 Å². The second kappa shape index (κ2) is 34.9. The molecular formula is C135H87N9O3. The lowest BCUT2D eigenvalue weighted by molar-refractivity contribution is 0.668. The molecule has 0 fully saturated rings. The van der Waals surface area contributed by atoms with E-state index in [-0.39, 0.29) is 0 Å². The standard InChI is InChI=1S/3C45H29N3O/c2*1-46-32-20-23-42-40(26-32)37-12-5-7-15-41(37)48(42)34-21-22-35-31(24-34)28-47(33-10-3-2-4-11-33)27-30-19-18-29(25-39(30)35)36-14-9-17-44-45(36)38-13-6-8-16-43(38)49-44;1-46-33-18-21-43-40(26-33)37-11-5-7-13-42(37)48(43)35-19-20-36-32(23-35)28-47(34-9-3-2-4-10-34)27-31-16-15-29(24-39(31)36)30-17-22-45-41(25-30)38-12-6-8-14-44(38)49-45/h3*2-26H,27-28H2. The molecule has 9 heterocycles. The fourth-order valence-electron chi connectivity index (χ4n) is 23.5. The highest BCUT2D eigenvalue weighted by molar-refractivity contribution is 6.17. The molecule has 147 heavy (non-hydrogen) atoms. The van der Waals surface area contributed by atoms with Crippen LogP contribution < -0.4 is 14.7 Å². The first kappa shape index (κ1) is 85.3. The van der Waals surface area contributed by atoms with E-state index < -0.39 is 0 Å². The summed E-state index contributed by atoms with van der Waals surface area (Å²) in [7, 11) is 0. The number of hydrogen-bond acceptors (Lipinski definition) is 6. The maximum Gasteiger partial charge on any atom is 0.188 e. The summed E-state index contributed by atoms with van der Waals surface area (Å²) in [6.07, 6.45) is 0. The molecule has 0 saturated carbocycles. The summed E-state index contributed by atoms with van der Waals surface area (Å²) in [6.45, 7) is 27.6. The minimum Gasteiger partial charge on any atom is -0.456 e. The first-order valence-corrected chi connectivity index (χ1v) is 49.8. The molecule has 0 aliphatic carbocycles. The molecule has 30 rings (SSSR count). The summed E-state index contributed by atoms with van der Waals surface area (Å²) < 4.78 is 25.7. The molecule has 12 nitrogen and oxygen atoms in total. The van der Waals surface area contributed by atoms with Crippen molar-refractivity contribution < 1.29 is 13.3 Å². The molecule has 0 amide bonds. The quantitative estimate of drug-likeness (QED) is 0.134. The van der Waals surface area contributed by atoms with Crippen molar-refractivity contribution in [1.29, 1.82) is 0 Å². The summed E-state index contributed by atoms with van der Waals surface area (Å²) in [4.78, 5) is 18.6. The van der Waals surface area contributed by atoms with Crippen LogP contribution in [0.5, 0.6) is 0 Å². The van der Waals surface area contributed by atoms with Crippen molar-refractivity contribution in [2.24, 2.45) is 0 Å². The van der Waals surface area contributed by atoms with Gasteiger partial charge in [-0.1, -0.05) is 267 Å². The third-order valence-corrected chi connectivity index (χ3v) is 30.3. The smallest absolute Gasteiger partial charge is 0.188 e. The highest BCUT2D eigenvalue weighted by Crippen LogP contribution is 2.50. The lowest BCUT2D eigenvalue weighted by atomic mass is 9.91. The van der Waals surface area contributed by atoms with Gasteiger partial charge in [0.05, 0.1) is 52.8 Å². The Bertz CT molecular complexity index is 9850. The van der Waals surface area contributed by atoms with Crippen LogP contribution in [0.25, 0.3) is 230 Å². The molecule has 6 aromatic heterocycles. The van der Waals surface area contributed by atoms with Gasteiger partial charge in [0.1, 0.15) is 33.5 Å². The molecule has 0 saturated heterocycles. The Labute approximate surface area is 846 Å². The van der Waals surface area contributed by atoms with Gasteiger partial charge in [0.15, 0.2) is 17.1 Å². The van der Waals surface area contributed by atoms with E-state index in [1.165, 1.54) is 117 Å². The van der Waals surface area contributed by atoms with E-state index in [0.717, 1.165) is 188 Å². The number of furan rings is 3. The van der Waals surface area contributed by atoms with Crippen LogP contribution in [0.1, 0.15) is 33.4 Å². The van der Waals surface area contributed by atoms with Crippen LogP contribution in [-0.2, 0) is 39.3 Å². The fraction of sp³-hybridized carbons (Fsp3) is 0.0444. The Morgan fingerprint density at radius 3 is 0.850 bits per heavy atom.